The molecule has 0 aliphatic rings. The normalized spacial score (nSPS) is 9.08. The van der Waals surface area contributed by atoms with Crippen LogP contribution in [0.3, 0.4) is 0 Å². The Morgan fingerprint density at radius 2 is 2.23 bits per heavy atom. The van der Waals surface area contributed by atoms with Gasteiger partial charge < -0.3 is 10.8 Å². The third-order valence-corrected chi connectivity index (χ3v) is 1.70. The van der Waals surface area contributed by atoms with Gasteiger partial charge in [0.05, 0.1) is 0 Å². The zero-order valence-electron chi connectivity index (χ0n) is 7.67. The largest absolute Gasteiger partial charge is 0.508 e. The van der Waals surface area contributed by atoms with Crippen LogP contribution in [0.2, 0.25) is 0 Å². The second-order valence-corrected chi connectivity index (χ2v) is 2.84. The molecule has 0 aliphatic heterocycles. The van der Waals surface area contributed by atoms with Gasteiger partial charge in [0.2, 0.25) is 0 Å². The topological polar surface area (TPSA) is 46.2 Å². The summed E-state index contributed by atoms with van der Waals surface area (Å²) in [6.45, 7) is 2.51. The lowest BCUT2D eigenvalue weighted by atomic mass is 10.1. The predicted molar refractivity (Wildman–Crippen MR) is 53.4 cm³/mol. The van der Waals surface area contributed by atoms with E-state index < -0.39 is 0 Å². The van der Waals surface area contributed by atoms with E-state index in [4.69, 9.17) is 10.8 Å². The summed E-state index contributed by atoms with van der Waals surface area (Å²) >= 11 is 0. The Bertz CT molecular complexity index is 347. The Kier molecular flexibility index (Phi) is 3.36. The van der Waals surface area contributed by atoms with E-state index >= 15 is 0 Å². The second kappa shape index (κ2) is 4.54. The Morgan fingerprint density at radius 1 is 1.46 bits per heavy atom. The van der Waals surface area contributed by atoms with Crippen molar-refractivity contribution in [2.75, 3.05) is 6.54 Å². The highest BCUT2D eigenvalue weighted by molar-refractivity contribution is 5.44. The third-order valence-electron chi connectivity index (χ3n) is 1.70. The molecule has 68 valence electrons. The molecule has 1 aromatic rings. The standard InChI is InChI=1S/C11H13NO/c1-9-8-11(13)6-5-10(9)4-2-3-7-12/h5-6,8,13H,3,7,12H2,1H3. The average molecular weight is 175 g/mol. The van der Waals surface area contributed by atoms with Crippen molar-refractivity contribution < 1.29 is 5.11 Å². The van der Waals surface area contributed by atoms with Crippen LogP contribution in [-0.2, 0) is 0 Å². The maximum absolute atomic E-state index is 9.14. The molecule has 2 heteroatoms. The van der Waals surface area contributed by atoms with E-state index in [2.05, 4.69) is 11.8 Å². The number of hydrogen-bond donors (Lipinski definition) is 2. The maximum Gasteiger partial charge on any atom is 0.115 e. The van der Waals surface area contributed by atoms with Crippen molar-refractivity contribution in [1.29, 1.82) is 0 Å². The minimum Gasteiger partial charge on any atom is -0.508 e. The molecule has 0 aromatic heterocycles. The van der Waals surface area contributed by atoms with Gasteiger partial charge in [0, 0.05) is 18.5 Å². The number of aromatic hydroxyl groups is 1. The third kappa shape index (κ3) is 2.81. The van der Waals surface area contributed by atoms with E-state index in [1.54, 1.807) is 12.1 Å². The lowest BCUT2D eigenvalue weighted by Gasteiger charge is -1.97. The number of rotatable bonds is 1. The van der Waals surface area contributed by atoms with Crippen molar-refractivity contribution in [2.45, 2.75) is 13.3 Å². The fourth-order valence-corrected chi connectivity index (χ4v) is 1.02. The molecule has 0 fully saturated rings. The molecular formula is C11H13NO. The molecule has 0 saturated heterocycles. The van der Waals surface area contributed by atoms with Gasteiger partial charge in [-0.2, -0.15) is 0 Å². The molecule has 13 heavy (non-hydrogen) atoms. The Labute approximate surface area is 78.4 Å². The second-order valence-electron chi connectivity index (χ2n) is 2.84. The van der Waals surface area contributed by atoms with E-state index in [1.807, 2.05) is 13.0 Å². The van der Waals surface area contributed by atoms with Gasteiger partial charge in [-0.1, -0.05) is 11.8 Å². The summed E-state index contributed by atoms with van der Waals surface area (Å²) in [5.41, 5.74) is 7.25. The van der Waals surface area contributed by atoms with Crippen LogP contribution >= 0.6 is 0 Å². The molecule has 0 saturated carbocycles. The molecule has 0 unspecified atom stereocenters. The van der Waals surface area contributed by atoms with Crippen molar-refractivity contribution >= 4 is 0 Å². The van der Waals surface area contributed by atoms with Gasteiger partial charge >= 0.3 is 0 Å². The van der Waals surface area contributed by atoms with Crippen LogP contribution in [0.5, 0.6) is 5.75 Å². The first kappa shape index (κ1) is 9.63. The van der Waals surface area contributed by atoms with Gasteiger partial charge in [-0.3, -0.25) is 0 Å². The summed E-state index contributed by atoms with van der Waals surface area (Å²) in [7, 11) is 0. The highest BCUT2D eigenvalue weighted by Gasteiger charge is 1.94. The molecule has 0 bridgehead atoms. The monoisotopic (exact) mass is 175 g/mol. The van der Waals surface area contributed by atoms with E-state index in [-0.39, 0.29) is 5.75 Å². The maximum atomic E-state index is 9.14. The van der Waals surface area contributed by atoms with Crippen LogP contribution in [0.1, 0.15) is 17.5 Å². The summed E-state index contributed by atoms with van der Waals surface area (Å²) in [5.74, 6) is 6.23. The molecule has 0 radical (unpaired) electrons. The van der Waals surface area contributed by atoms with Crippen LogP contribution in [0, 0.1) is 18.8 Å². The van der Waals surface area contributed by atoms with E-state index in [1.165, 1.54) is 0 Å². The number of phenols is 1. The fourth-order valence-electron chi connectivity index (χ4n) is 1.02. The summed E-state index contributed by atoms with van der Waals surface area (Å²) in [4.78, 5) is 0. The Hall–Kier alpha value is -1.46. The quantitative estimate of drug-likeness (QED) is 0.634. The van der Waals surface area contributed by atoms with E-state index in [0.29, 0.717) is 13.0 Å². The van der Waals surface area contributed by atoms with Crippen molar-refractivity contribution in [3.05, 3.63) is 29.3 Å². The van der Waals surface area contributed by atoms with Gasteiger partial charge in [0.25, 0.3) is 0 Å². The van der Waals surface area contributed by atoms with Crippen LogP contribution in [0.4, 0.5) is 0 Å². The molecule has 0 amide bonds. The highest BCUT2D eigenvalue weighted by atomic mass is 16.3. The number of nitrogens with two attached hydrogens (primary N) is 1. The van der Waals surface area contributed by atoms with Crippen LogP contribution in [-0.4, -0.2) is 11.7 Å². The Balaban J connectivity index is 2.85. The van der Waals surface area contributed by atoms with Crippen LogP contribution < -0.4 is 5.73 Å². The minimum absolute atomic E-state index is 0.280. The first-order chi connectivity index (χ1) is 6.24. The molecule has 0 spiro atoms. The lowest BCUT2D eigenvalue weighted by molar-refractivity contribution is 0.475. The average Bonchev–Trinajstić information content (AvgIpc) is 2.09. The van der Waals surface area contributed by atoms with Crippen LogP contribution in [0.25, 0.3) is 0 Å². The van der Waals surface area contributed by atoms with Gasteiger partial charge in [-0.25, -0.2) is 0 Å². The molecule has 0 heterocycles. The fraction of sp³-hybridized carbons (Fsp3) is 0.273. The molecule has 0 aliphatic carbocycles. The first-order valence-corrected chi connectivity index (χ1v) is 4.22. The number of hydrogen-bond acceptors (Lipinski definition) is 2. The number of phenolic OH excluding ortho intramolecular Hbond substituents is 1. The van der Waals surface area contributed by atoms with Gasteiger partial charge in [0.15, 0.2) is 0 Å². The summed E-state index contributed by atoms with van der Waals surface area (Å²) in [5, 5.41) is 9.14. The molecule has 3 N–H and O–H groups in total. The number of aryl methyl sites for hydroxylation is 1. The van der Waals surface area contributed by atoms with Gasteiger partial charge in [0.1, 0.15) is 5.75 Å². The lowest BCUT2D eigenvalue weighted by Crippen LogP contribution is -1.95. The summed E-state index contributed by atoms with van der Waals surface area (Å²) in [6.07, 6.45) is 0.709. The predicted octanol–water partition coefficient (Wildman–Crippen LogP) is 1.40. The SMILES string of the molecule is Cc1cc(O)ccc1C#CCCN. The zero-order valence-corrected chi connectivity index (χ0v) is 7.67. The number of benzene rings is 1. The zero-order chi connectivity index (χ0) is 9.68. The van der Waals surface area contributed by atoms with Crippen molar-refractivity contribution in [3.63, 3.8) is 0 Å². The van der Waals surface area contributed by atoms with Crippen LogP contribution in [0.15, 0.2) is 18.2 Å². The molecule has 2 nitrogen and oxygen atoms in total. The van der Waals surface area contributed by atoms with Crippen molar-refractivity contribution in [3.8, 4) is 17.6 Å². The van der Waals surface area contributed by atoms with E-state index in [0.717, 1.165) is 11.1 Å². The first-order valence-electron chi connectivity index (χ1n) is 4.22. The van der Waals surface area contributed by atoms with Gasteiger partial charge in [-0.05, 0) is 30.7 Å². The molecular weight excluding hydrogens is 162 g/mol. The van der Waals surface area contributed by atoms with Crippen molar-refractivity contribution in [2.24, 2.45) is 5.73 Å². The summed E-state index contributed by atoms with van der Waals surface area (Å²) < 4.78 is 0. The molecule has 1 rings (SSSR count). The summed E-state index contributed by atoms with van der Waals surface area (Å²) in [6, 6.07) is 5.15. The minimum atomic E-state index is 0.280. The van der Waals surface area contributed by atoms with E-state index in [9.17, 15) is 0 Å². The van der Waals surface area contributed by atoms with Crippen molar-refractivity contribution in [1.82, 2.24) is 0 Å². The Morgan fingerprint density at radius 3 is 2.85 bits per heavy atom. The molecule has 0 atom stereocenters. The molecule has 1 aromatic carbocycles. The highest BCUT2D eigenvalue weighted by Crippen LogP contribution is 2.14. The smallest absolute Gasteiger partial charge is 0.115 e. The van der Waals surface area contributed by atoms with Gasteiger partial charge in [-0.15, -0.1) is 0 Å².